The molecule has 2 saturated heterocycles. The molecular formula is C7H10BNO4S. The van der Waals surface area contributed by atoms with Crippen LogP contribution in [0, 0.1) is 0 Å². The number of hydrogen-bond acceptors (Lipinski definition) is 6. The molecule has 0 amide bonds. The molecule has 0 aliphatic carbocycles. The highest BCUT2D eigenvalue weighted by Gasteiger charge is 2.42. The summed E-state index contributed by atoms with van der Waals surface area (Å²) in [6.45, 7) is 1.80. The summed E-state index contributed by atoms with van der Waals surface area (Å²) in [6, 6.07) is -0.369. The summed E-state index contributed by atoms with van der Waals surface area (Å²) < 4.78 is 9.96. The second kappa shape index (κ2) is 3.82. The first kappa shape index (κ1) is 9.85. The number of hydrogen-bond donors (Lipinski definition) is 1. The van der Waals surface area contributed by atoms with E-state index in [1.54, 1.807) is 6.92 Å². The maximum Gasteiger partial charge on any atom is 0.598 e. The topological polar surface area (TPSA) is 64.6 Å². The van der Waals surface area contributed by atoms with E-state index in [4.69, 9.17) is 9.31 Å². The van der Waals surface area contributed by atoms with E-state index in [0.717, 1.165) is 0 Å². The molecule has 2 heterocycles. The molecule has 0 saturated carbocycles. The van der Waals surface area contributed by atoms with Crippen LogP contribution >= 0.6 is 11.8 Å². The second-order valence-corrected chi connectivity index (χ2v) is 4.28. The molecule has 2 fully saturated rings. The van der Waals surface area contributed by atoms with Gasteiger partial charge in [0, 0.05) is 12.1 Å². The minimum atomic E-state index is -0.721. The molecule has 2 aliphatic heterocycles. The lowest BCUT2D eigenvalue weighted by Crippen LogP contribution is -2.48. The van der Waals surface area contributed by atoms with Gasteiger partial charge in [0.2, 0.25) is 0 Å². The Morgan fingerprint density at radius 2 is 2.21 bits per heavy atom. The van der Waals surface area contributed by atoms with Crippen molar-refractivity contribution in [3.63, 3.8) is 0 Å². The van der Waals surface area contributed by atoms with Crippen LogP contribution in [0.15, 0.2) is 0 Å². The van der Waals surface area contributed by atoms with Crippen molar-refractivity contribution in [2.24, 2.45) is 0 Å². The molecule has 7 heteroatoms. The molecular weight excluding hydrogens is 205 g/mol. The standard InChI is InChI=1S/C7H10BNO4S/c1-2-8-12-6(10)4-3-14-5(9-4)7(11)13-8/h4-5,9H,2-3H2,1H3/t4-,5-/m1/s1. The zero-order chi connectivity index (χ0) is 10.1. The second-order valence-electron chi connectivity index (χ2n) is 3.14. The van der Waals surface area contributed by atoms with E-state index in [2.05, 4.69) is 5.32 Å². The minimum absolute atomic E-state index is 0.334. The van der Waals surface area contributed by atoms with Gasteiger partial charge in [0.15, 0.2) is 5.37 Å². The molecule has 0 aromatic carbocycles. The Labute approximate surface area is 86.0 Å². The Bertz CT molecular complexity index is 250. The molecule has 0 aromatic heterocycles. The number of thioether (sulfide) groups is 1. The summed E-state index contributed by atoms with van der Waals surface area (Å²) in [5.74, 6) is -0.120. The van der Waals surface area contributed by atoms with Crippen molar-refractivity contribution >= 4 is 30.8 Å². The number of fused-ring (bicyclic) bond motifs is 2. The van der Waals surface area contributed by atoms with E-state index in [1.807, 2.05) is 0 Å². The van der Waals surface area contributed by atoms with Crippen molar-refractivity contribution in [1.29, 1.82) is 0 Å². The highest BCUT2D eigenvalue weighted by atomic mass is 32.2. The van der Waals surface area contributed by atoms with Gasteiger partial charge in [-0.05, 0) is 0 Å². The van der Waals surface area contributed by atoms with E-state index in [0.29, 0.717) is 12.1 Å². The van der Waals surface area contributed by atoms with Crippen LogP contribution < -0.4 is 5.32 Å². The largest absolute Gasteiger partial charge is 0.598 e. The Hall–Kier alpha value is -0.685. The maximum atomic E-state index is 11.4. The molecule has 0 radical (unpaired) electrons. The van der Waals surface area contributed by atoms with Crippen LogP contribution in [0.4, 0.5) is 0 Å². The summed E-state index contributed by atoms with van der Waals surface area (Å²) in [6.07, 6.45) is 0.488. The molecule has 2 atom stereocenters. The van der Waals surface area contributed by atoms with Gasteiger partial charge in [0.05, 0.1) is 0 Å². The highest BCUT2D eigenvalue weighted by molar-refractivity contribution is 8.00. The van der Waals surface area contributed by atoms with Crippen molar-refractivity contribution in [2.45, 2.75) is 24.7 Å². The third-order valence-corrected chi connectivity index (χ3v) is 3.30. The van der Waals surface area contributed by atoms with E-state index < -0.39 is 12.5 Å². The van der Waals surface area contributed by atoms with E-state index in [-0.39, 0.29) is 18.0 Å². The Kier molecular flexibility index (Phi) is 2.69. The lowest BCUT2D eigenvalue weighted by Gasteiger charge is -2.20. The lowest BCUT2D eigenvalue weighted by atomic mass is 9.85. The van der Waals surface area contributed by atoms with Crippen molar-refractivity contribution in [1.82, 2.24) is 5.32 Å². The predicted molar refractivity (Wildman–Crippen MR) is 51.6 cm³/mol. The smallest absolute Gasteiger partial charge is 0.498 e. The third-order valence-electron chi connectivity index (χ3n) is 2.11. The maximum absolute atomic E-state index is 11.4. The van der Waals surface area contributed by atoms with Gasteiger partial charge in [-0.3, -0.25) is 14.9 Å². The number of carbonyl (C=O) groups is 2. The van der Waals surface area contributed by atoms with Crippen LogP contribution in [0.5, 0.6) is 0 Å². The van der Waals surface area contributed by atoms with Gasteiger partial charge in [0.25, 0.3) is 0 Å². The molecule has 1 N–H and O–H groups in total. The third kappa shape index (κ3) is 1.74. The zero-order valence-electron chi connectivity index (χ0n) is 7.69. The van der Waals surface area contributed by atoms with Crippen LogP contribution in [0.1, 0.15) is 6.92 Å². The summed E-state index contributed by atoms with van der Waals surface area (Å²) in [7, 11) is -0.721. The van der Waals surface area contributed by atoms with Gasteiger partial charge >= 0.3 is 19.1 Å². The predicted octanol–water partition coefficient (Wildman–Crippen LogP) is -0.374. The molecule has 0 spiro atoms. The van der Waals surface area contributed by atoms with Gasteiger partial charge in [-0.1, -0.05) is 6.92 Å². The average Bonchev–Trinajstić information content (AvgIpc) is 2.64. The van der Waals surface area contributed by atoms with Crippen molar-refractivity contribution in [3.05, 3.63) is 0 Å². The quantitative estimate of drug-likeness (QED) is 0.602. The summed E-state index contributed by atoms with van der Waals surface area (Å²) in [5, 5.41) is 2.44. The minimum Gasteiger partial charge on any atom is -0.498 e. The van der Waals surface area contributed by atoms with Crippen LogP contribution in [-0.4, -0.2) is 36.2 Å². The number of rotatable bonds is 1. The van der Waals surface area contributed by atoms with E-state index in [1.165, 1.54) is 11.8 Å². The fraction of sp³-hybridized carbons (Fsp3) is 0.714. The number of carbonyl (C=O) groups excluding carboxylic acids is 2. The zero-order valence-corrected chi connectivity index (χ0v) is 8.50. The SMILES string of the molecule is CCB1OC(=O)[C@@H]2N[C@H](CS2)C(=O)O1. The normalized spacial score (nSPS) is 31.9. The van der Waals surface area contributed by atoms with E-state index in [9.17, 15) is 9.59 Å². The molecule has 76 valence electrons. The summed E-state index contributed by atoms with van der Waals surface area (Å²) >= 11 is 1.38. The van der Waals surface area contributed by atoms with Crippen molar-refractivity contribution in [3.8, 4) is 0 Å². The molecule has 2 bridgehead atoms. The molecule has 5 nitrogen and oxygen atoms in total. The van der Waals surface area contributed by atoms with Gasteiger partial charge in [-0.2, -0.15) is 0 Å². The molecule has 0 unspecified atom stereocenters. The fourth-order valence-electron chi connectivity index (χ4n) is 1.34. The molecule has 14 heavy (non-hydrogen) atoms. The first-order valence-electron chi connectivity index (χ1n) is 4.49. The fourth-order valence-corrected chi connectivity index (χ4v) is 2.41. The van der Waals surface area contributed by atoms with Gasteiger partial charge in [-0.15, -0.1) is 11.8 Å². The Balaban J connectivity index is 2.13. The number of nitrogens with one attached hydrogen (secondary N) is 1. The monoisotopic (exact) mass is 215 g/mol. The lowest BCUT2D eigenvalue weighted by molar-refractivity contribution is -0.144. The van der Waals surface area contributed by atoms with Crippen LogP contribution in [0.25, 0.3) is 0 Å². The van der Waals surface area contributed by atoms with E-state index >= 15 is 0 Å². The van der Waals surface area contributed by atoms with Crippen LogP contribution in [0.2, 0.25) is 6.32 Å². The highest BCUT2D eigenvalue weighted by Crippen LogP contribution is 2.23. The Morgan fingerprint density at radius 3 is 2.93 bits per heavy atom. The van der Waals surface area contributed by atoms with Gasteiger partial charge in [0.1, 0.15) is 6.04 Å². The van der Waals surface area contributed by atoms with Crippen molar-refractivity contribution < 1.29 is 18.9 Å². The van der Waals surface area contributed by atoms with Crippen LogP contribution in [0.3, 0.4) is 0 Å². The first-order chi connectivity index (χ1) is 6.70. The van der Waals surface area contributed by atoms with Crippen LogP contribution in [-0.2, 0) is 18.9 Å². The van der Waals surface area contributed by atoms with Gasteiger partial charge < -0.3 is 9.31 Å². The molecule has 0 aromatic rings. The van der Waals surface area contributed by atoms with Crippen molar-refractivity contribution in [2.75, 3.05) is 5.75 Å². The average molecular weight is 215 g/mol. The Morgan fingerprint density at radius 1 is 1.50 bits per heavy atom. The summed E-state index contributed by atoms with van der Waals surface area (Å²) in [5.41, 5.74) is 0. The molecule has 2 rings (SSSR count). The first-order valence-corrected chi connectivity index (χ1v) is 5.54. The molecule has 2 aliphatic rings. The summed E-state index contributed by atoms with van der Waals surface area (Å²) in [4.78, 5) is 22.8. The van der Waals surface area contributed by atoms with Gasteiger partial charge in [-0.25, -0.2) is 0 Å².